The molecular weight excluding hydrogens is 548 g/mol. The normalized spacial score (nSPS) is 20.9. The number of carbonyl (C=O) groups excluding carboxylic acids is 1. The third kappa shape index (κ3) is 5.96. The highest BCUT2D eigenvalue weighted by atomic mass is 16.6. The molecule has 10 heteroatoms. The van der Waals surface area contributed by atoms with E-state index in [1.54, 1.807) is 0 Å². The molecule has 0 spiro atoms. The maximum atomic E-state index is 14.1. The molecule has 2 N–H and O–H groups in total. The van der Waals surface area contributed by atoms with Crippen LogP contribution in [-0.2, 0) is 32.0 Å². The Morgan fingerprint density at radius 2 is 1.65 bits per heavy atom. The number of carboxylic acid groups (broad SMARTS) is 1. The fraction of sp³-hybridized carbons (Fsp3) is 0.333. The Hall–Kier alpha value is -4.70. The Bertz CT molecular complexity index is 1620. The van der Waals surface area contributed by atoms with Crippen molar-refractivity contribution in [1.29, 1.82) is 0 Å². The van der Waals surface area contributed by atoms with Crippen molar-refractivity contribution < 1.29 is 24.2 Å². The molecule has 1 aliphatic heterocycles. The van der Waals surface area contributed by atoms with Crippen molar-refractivity contribution in [3.63, 3.8) is 0 Å². The van der Waals surface area contributed by atoms with Crippen LogP contribution in [0.25, 0.3) is 0 Å². The van der Waals surface area contributed by atoms with Crippen LogP contribution in [0.15, 0.2) is 90.0 Å². The lowest BCUT2D eigenvalue weighted by molar-refractivity contribution is -0.156. The molecule has 10 nitrogen and oxygen atoms in total. The van der Waals surface area contributed by atoms with Crippen molar-refractivity contribution in [2.45, 2.75) is 57.4 Å². The van der Waals surface area contributed by atoms with Gasteiger partial charge < -0.3 is 14.6 Å². The second-order valence-electron chi connectivity index (χ2n) is 11.3. The van der Waals surface area contributed by atoms with Crippen molar-refractivity contribution in [2.75, 3.05) is 13.2 Å². The zero-order valence-electron chi connectivity index (χ0n) is 24.5. The molecule has 0 unspecified atom stereocenters. The number of nitrogens with one attached hydrogen (secondary N) is 1. The van der Waals surface area contributed by atoms with Gasteiger partial charge in [0.2, 0.25) is 0 Å². The Morgan fingerprint density at radius 3 is 2.26 bits per heavy atom. The van der Waals surface area contributed by atoms with E-state index < -0.39 is 28.8 Å². The first-order valence-electron chi connectivity index (χ1n) is 14.2. The molecule has 5 rings (SSSR count). The van der Waals surface area contributed by atoms with Gasteiger partial charge in [-0.3, -0.25) is 9.47 Å². The number of aliphatic carboxylic acids is 1. The van der Waals surface area contributed by atoms with Gasteiger partial charge in [-0.2, -0.15) is 5.10 Å². The first kappa shape index (κ1) is 29.8. The number of piperidine rings is 1. The Morgan fingerprint density at radius 1 is 1.00 bits per heavy atom. The summed E-state index contributed by atoms with van der Waals surface area (Å²) in [6.45, 7) is 5.74. The summed E-state index contributed by atoms with van der Waals surface area (Å²) in [6, 6.07) is 24.9. The summed E-state index contributed by atoms with van der Waals surface area (Å²) in [5.41, 5.74) is 1.26. The number of carboxylic acids is 1. The number of hydrogen-bond donors (Lipinski definition) is 2. The van der Waals surface area contributed by atoms with Crippen LogP contribution in [0.3, 0.4) is 0 Å². The zero-order valence-corrected chi connectivity index (χ0v) is 24.5. The van der Waals surface area contributed by atoms with Crippen LogP contribution in [0.2, 0.25) is 0 Å². The maximum Gasteiger partial charge on any atom is 0.411 e. The lowest BCUT2D eigenvalue weighted by atomic mass is 9.74. The lowest BCUT2D eigenvalue weighted by Crippen LogP contribution is -2.65. The number of aromatic amines is 1. The number of amides is 1. The molecule has 3 aromatic carbocycles. The minimum atomic E-state index is -1.77. The molecule has 43 heavy (non-hydrogen) atoms. The predicted molar refractivity (Wildman–Crippen MR) is 159 cm³/mol. The molecule has 0 radical (unpaired) electrons. The van der Waals surface area contributed by atoms with Gasteiger partial charge >= 0.3 is 17.8 Å². The van der Waals surface area contributed by atoms with Crippen LogP contribution in [0.1, 0.15) is 53.7 Å². The van der Waals surface area contributed by atoms with Crippen LogP contribution in [0.5, 0.6) is 0 Å². The Kier molecular flexibility index (Phi) is 8.50. The second-order valence-corrected chi connectivity index (χ2v) is 11.3. The topological polar surface area (TPSA) is 127 Å². The van der Waals surface area contributed by atoms with Gasteiger partial charge in [-0.15, -0.1) is 0 Å². The molecule has 1 fully saturated rings. The van der Waals surface area contributed by atoms with E-state index >= 15 is 0 Å². The van der Waals surface area contributed by atoms with Gasteiger partial charge in [0.25, 0.3) is 0 Å². The van der Waals surface area contributed by atoms with Crippen LogP contribution in [-0.4, -0.2) is 50.0 Å². The number of ether oxygens (including phenoxy) is 2. The maximum absolute atomic E-state index is 14.1. The minimum Gasteiger partial charge on any atom is -0.479 e. The average molecular weight is 585 g/mol. The smallest absolute Gasteiger partial charge is 0.411 e. The van der Waals surface area contributed by atoms with E-state index in [0.717, 1.165) is 38.7 Å². The fourth-order valence-electron chi connectivity index (χ4n) is 5.99. The number of carbonyl (C=O) groups is 2. The molecule has 0 aliphatic carbocycles. The molecule has 1 saturated heterocycles. The summed E-state index contributed by atoms with van der Waals surface area (Å²) in [7, 11) is 0. The molecule has 0 bridgehead atoms. The Balaban J connectivity index is 1.56. The average Bonchev–Trinajstić information content (AvgIpc) is 3.45. The summed E-state index contributed by atoms with van der Waals surface area (Å²) in [5.74, 6) is -1.25. The number of aryl methyl sites for hydroxylation is 2. The summed E-state index contributed by atoms with van der Waals surface area (Å²) in [4.78, 5) is 41.1. The van der Waals surface area contributed by atoms with Crippen molar-refractivity contribution in [2.24, 2.45) is 0 Å². The lowest BCUT2D eigenvalue weighted by Gasteiger charge is -2.52. The summed E-state index contributed by atoms with van der Waals surface area (Å²) < 4.78 is 13.4. The fourth-order valence-corrected chi connectivity index (χ4v) is 5.99. The minimum absolute atomic E-state index is 0.00734. The van der Waals surface area contributed by atoms with Crippen molar-refractivity contribution in [3.8, 4) is 0 Å². The van der Waals surface area contributed by atoms with Gasteiger partial charge in [-0.1, -0.05) is 90.0 Å². The van der Waals surface area contributed by atoms with Crippen molar-refractivity contribution >= 4 is 12.1 Å². The van der Waals surface area contributed by atoms with Gasteiger partial charge in [0.05, 0.1) is 24.8 Å². The van der Waals surface area contributed by atoms with Crippen LogP contribution >= 0.6 is 0 Å². The predicted octanol–water partition coefficient (Wildman–Crippen LogP) is 5.07. The number of aromatic nitrogens is 3. The van der Waals surface area contributed by atoms with Crippen LogP contribution < -0.4 is 5.69 Å². The molecule has 4 aromatic rings. The van der Waals surface area contributed by atoms with Gasteiger partial charge in [-0.25, -0.2) is 19.5 Å². The molecular formula is C33H36N4O6. The van der Waals surface area contributed by atoms with E-state index in [0.29, 0.717) is 0 Å². The highest BCUT2D eigenvalue weighted by molar-refractivity contribution is 5.79. The van der Waals surface area contributed by atoms with Crippen LogP contribution in [0, 0.1) is 13.8 Å². The van der Waals surface area contributed by atoms with E-state index in [4.69, 9.17) is 9.47 Å². The molecule has 2 heterocycles. The van der Waals surface area contributed by atoms with Crippen molar-refractivity contribution in [1.82, 2.24) is 19.7 Å². The van der Waals surface area contributed by atoms with E-state index in [2.05, 4.69) is 28.4 Å². The molecule has 3 atom stereocenters. The second kappa shape index (κ2) is 12.3. The number of H-pyrrole nitrogens is 1. The third-order valence-corrected chi connectivity index (χ3v) is 8.32. The molecule has 1 aromatic heterocycles. The Labute approximate surface area is 249 Å². The molecule has 224 valence electrons. The standard InChI is InChI=1S/C33H36N4O6/c1-23-16-24(2)18-27(17-23)25(3)43-21-33(28-12-8-5-9-13-28)15-14-32(29(38)39,37-22-34-35-30(37)40)20-36(33)31(41)42-19-26-10-6-4-7-11-26/h4-13,16-18,22,25H,14-15,19-21H2,1-3H3,(H,35,40)(H,38,39)/t25-,32+,33-/m1/s1. The summed E-state index contributed by atoms with van der Waals surface area (Å²) in [5, 5.41) is 16.6. The van der Waals surface area contributed by atoms with Crippen molar-refractivity contribution in [3.05, 3.63) is 123 Å². The largest absolute Gasteiger partial charge is 0.479 e. The first-order valence-corrected chi connectivity index (χ1v) is 14.2. The van der Waals surface area contributed by atoms with E-state index in [9.17, 15) is 19.5 Å². The third-order valence-electron chi connectivity index (χ3n) is 8.32. The summed E-state index contributed by atoms with van der Waals surface area (Å²) >= 11 is 0. The van der Waals surface area contributed by atoms with Crippen LogP contribution in [0.4, 0.5) is 4.79 Å². The number of likely N-dealkylation sites (tertiary alicyclic amines) is 1. The van der Waals surface area contributed by atoms with E-state index in [1.807, 2.05) is 81.4 Å². The first-order chi connectivity index (χ1) is 20.6. The quantitative estimate of drug-likeness (QED) is 0.281. The summed E-state index contributed by atoms with van der Waals surface area (Å²) in [6.07, 6.45) is 0.362. The number of hydrogen-bond acceptors (Lipinski definition) is 6. The SMILES string of the molecule is Cc1cc(C)cc([C@@H](C)OC[C@@]2(c3ccccc3)CC[C@](C(=O)O)(n3cn[nH]c3=O)CN2C(=O)OCc2ccccc2)c1. The van der Waals surface area contributed by atoms with Gasteiger partial charge in [0.1, 0.15) is 12.9 Å². The highest BCUT2D eigenvalue weighted by Gasteiger charge is 2.56. The number of rotatable bonds is 9. The molecule has 0 saturated carbocycles. The van der Waals surface area contributed by atoms with Gasteiger partial charge in [0, 0.05) is 0 Å². The van der Waals surface area contributed by atoms with Gasteiger partial charge in [-0.05, 0) is 50.3 Å². The zero-order chi connectivity index (χ0) is 30.6. The van der Waals surface area contributed by atoms with Gasteiger partial charge in [0.15, 0.2) is 5.54 Å². The van der Waals surface area contributed by atoms with E-state index in [-0.39, 0.29) is 38.7 Å². The highest BCUT2D eigenvalue weighted by Crippen LogP contribution is 2.45. The molecule has 1 amide bonds. The van der Waals surface area contributed by atoms with E-state index in [1.165, 1.54) is 4.90 Å². The number of benzene rings is 3. The monoisotopic (exact) mass is 584 g/mol. The number of nitrogens with zero attached hydrogens (tertiary/aromatic N) is 3. The molecule has 1 aliphatic rings.